The lowest BCUT2D eigenvalue weighted by molar-refractivity contribution is 0.785. The van der Waals surface area contributed by atoms with Crippen LogP contribution in [0.3, 0.4) is 0 Å². The second-order valence-electron chi connectivity index (χ2n) is 4.17. The molecule has 0 bridgehead atoms. The molecule has 0 unspecified atom stereocenters. The molecule has 0 fully saturated rings. The first kappa shape index (κ1) is 14.2. The fraction of sp³-hybridized carbons (Fsp3) is 0.600. The monoisotopic (exact) mass is 206 g/mol. The average molecular weight is 206 g/mol. The Balaban J connectivity index is 4.19. The largest absolute Gasteiger partial charge is 0.0885 e. The molecular formula is C15H26. The van der Waals surface area contributed by atoms with Crippen LogP contribution in [0.25, 0.3) is 0 Å². The Labute approximate surface area is 95.8 Å². The molecule has 0 heteroatoms. The summed E-state index contributed by atoms with van der Waals surface area (Å²) in [7, 11) is 0. The molecular weight excluding hydrogens is 180 g/mol. The maximum Gasteiger partial charge on any atom is -0.0163 e. The van der Waals surface area contributed by atoms with Crippen molar-refractivity contribution in [3.8, 4) is 0 Å². The summed E-state index contributed by atoms with van der Waals surface area (Å²) >= 11 is 0. The van der Waals surface area contributed by atoms with E-state index in [4.69, 9.17) is 0 Å². The SMILES string of the molecule is CCC=CCC=C(C=CCCC)C(C)C. The zero-order valence-electron chi connectivity index (χ0n) is 10.8. The first-order valence-corrected chi connectivity index (χ1v) is 6.23. The van der Waals surface area contributed by atoms with Crippen LogP contribution in [-0.2, 0) is 0 Å². The summed E-state index contributed by atoms with van der Waals surface area (Å²) in [6, 6.07) is 0. The standard InChI is InChI=1S/C15H26/c1-5-7-9-11-13-15(14(3)4)12-10-8-6-2/h7,9-10,12-14H,5-6,8,11H2,1-4H3. The number of hydrogen-bond donors (Lipinski definition) is 0. The minimum atomic E-state index is 0.633. The number of unbranched alkanes of at least 4 members (excludes halogenated alkanes) is 1. The van der Waals surface area contributed by atoms with Crippen molar-refractivity contribution in [3.05, 3.63) is 36.0 Å². The van der Waals surface area contributed by atoms with Gasteiger partial charge in [0.25, 0.3) is 0 Å². The van der Waals surface area contributed by atoms with Gasteiger partial charge in [-0.25, -0.2) is 0 Å². The van der Waals surface area contributed by atoms with E-state index in [1.807, 2.05) is 0 Å². The third-order valence-corrected chi connectivity index (χ3v) is 2.32. The molecule has 0 heterocycles. The summed E-state index contributed by atoms with van der Waals surface area (Å²) in [5, 5.41) is 0. The molecule has 0 saturated carbocycles. The second kappa shape index (κ2) is 9.76. The Morgan fingerprint density at radius 2 is 1.80 bits per heavy atom. The predicted molar refractivity (Wildman–Crippen MR) is 71.0 cm³/mol. The third kappa shape index (κ3) is 8.23. The Kier molecular flexibility index (Phi) is 9.26. The molecule has 0 amide bonds. The summed E-state index contributed by atoms with van der Waals surface area (Å²) in [4.78, 5) is 0. The number of rotatable bonds is 7. The highest BCUT2D eigenvalue weighted by Crippen LogP contribution is 2.13. The Morgan fingerprint density at radius 3 is 2.33 bits per heavy atom. The van der Waals surface area contributed by atoms with Crippen molar-refractivity contribution < 1.29 is 0 Å². The summed E-state index contributed by atoms with van der Waals surface area (Å²) in [6.07, 6.45) is 16.0. The van der Waals surface area contributed by atoms with Gasteiger partial charge in [-0.05, 0) is 30.8 Å². The van der Waals surface area contributed by atoms with Crippen molar-refractivity contribution in [1.29, 1.82) is 0 Å². The lowest BCUT2D eigenvalue weighted by Gasteiger charge is -2.05. The van der Waals surface area contributed by atoms with Crippen LogP contribution in [0.1, 0.15) is 53.4 Å². The second-order valence-corrected chi connectivity index (χ2v) is 4.17. The highest BCUT2D eigenvalue weighted by atomic mass is 14.0. The van der Waals surface area contributed by atoms with E-state index in [2.05, 4.69) is 58.1 Å². The fourth-order valence-electron chi connectivity index (χ4n) is 1.35. The lowest BCUT2D eigenvalue weighted by Crippen LogP contribution is -1.90. The van der Waals surface area contributed by atoms with Crippen LogP contribution >= 0.6 is 0 Å². The first-order chi connectivity index (χ1) is 7.22. The minimum absolute atomic E-state index is 0.633. The Morgan fingerprint density at radius 1 is 1.07 bits per heavy atom. The van der Waals surface area contributed by atoms with Crippen LogP contribution in [0.4, 0.5) is 0 Å². The molecule has 0 nitrogen and oxygen atoms in total. The first-order valence-electron chi connectivity index (χ1n) is 6.23. The highest BCUT2D eigenvalue weighted by Gasteiger charge is 1.96. The average Bonchev–Trinajstić information content (AvgIpc) is 2.21. The van der Waals surface area contributed by atoms with Crippen LogP contribution in [0.5, 0.6) is 0 Å². The fourth-order valence-corrected chi connectivity index (χ4v) is 1.35. The van der Waals surface area contributed by atoms with Crippen LogP contribution in [0.2, 0.25) is 0 Å². The van der Waals surface area contributed by atoms with Gasteiger partial charge in [0, 0.05) is 0 Å². The number of hydrogen-bond acceptors (Lipinski definition) is 0. The van der Waals surface area contributed by atoms with Gasteiger partial charge >= 0.3 is 0 Å². The van der Waals surface area contributed by atoms with E-state index in [0.717, 1.165) is 12.8 Å². The molecule has 0 radical (unpaired) electrons. The highest BCUT2D eigenvalue weighted by molar-refractivity contribution is 5.21. The van der Waals surface area contributed by atoms with Gasteiger partial charge in [-0.3, -0.25) is 0 Å². The molecule has 0 spiro atoms. The molecule has 0 aliphatic heterocycles. The van der Waals surface area contributed by atoms with Gasteiger partial charge in [-0.1, -0.05) is 64.5 Å². The van der Waals surface area contributed by atoms with E-state index in [1.54, 1.807) is 0 Å². The molecule has 15 heavy (non-hydrogen) atoms. The summed E-state index contributed by atoms with van der Waals surface area (Å²) < 4.78 is 0. The summed E-state index contributed by atoms with van der Waals surface area (Å²) in [5.41, 5.74) is 1.46. The normalized spacial score (nSPS) is 13.5. The quantitative estimate of drug-likeness (QED) is 0.392. The predicted octanol–water partition coefficient (Wildman–Crippen LogP) is 5.28. The van der Waals surface area contributed by atoms with Crippen LogP contribution < -0.4 is 0 Å². The molecule has 0 aliphatic carbocycles. The maximum absolute atomic E-state index is 2.34. The van der Waals surface area contributed by atoms with Gasteiger partial charge in [-0.2, -0.15) is 0 Å². The van der Waals surface area contributed by atoms with E-state index in [0.29, 0.717) is 5.92 Å². The van der Waals surface area contributed by atoms with E-state index in [-0.39, 0.29) is 0 Å². The molecule has 0 atom stereocenters. The van der Waals surface area contributed by atoms with Gasteiger partial charge in [0.05, 0.1) is 0 Å². The molecule has 0 aromatic heterocycles. The third-order valence-electron chi connectivity index (χ3n) is 2.32. The molecule has 0 saturated heterocycles. The van der Waals surface area contributed by atoms with E-state index in [1.165, 1.54) is 18.4 Å². The van der Waals surface area contributed by atoms with Gasteiger partial charge in [0.1, 0.15) is 0 Å². The van der Waals surface area contributed by atoms with Crippen LogP contribution in [-0.4, -0.2) is 0 Å². The summed E-state index contributed by atoms with van der Waals surface area (Å²) in [5.74, 6) is 0.633. The summed E-state index contributed by atoms with van der Waals surface area (Å²) in [6.45, 7) is 8.90. The number of allylic oxidation sites excluding steroid dienone is 6. The van der Waals surface area contributed by atoms with Gasteiger partial charge in [-0.15, -0.1) is 0 Å². The molecule has 0 rings (SSSR count). The van der Waals surface area contributed by atoms with Crippen molar-refractivity contribution in [3.63, 3.8) is 0 Å². The molecule has 0 aromatic rings. The molecule has 0 N–H and O–H groups in total. The minimum Gasteiger partial charge on any atom is -0.0885 e. The van der Waals surface area contributed by atoms with E-state index < -0.39 is 0 Å². The molecule has 86 valence electrons. The van der Waals surface area contributed by atoms with Crippen molar-refractivity contribution >= 4 is 0 Å². The van der Waals surface area contributed by atoms with Gasteiger partial charge < -0.3 is 0 Å². The Bertz CT molecular complexity index is 216. The van der Waals surface area contributed by atoms with Crippen molar-refractivity contribution in [1.82, 2.24) is 0 Å². The van der Waals surface area contributed by atoms with E-state index >= 15 is 0 Å². The zero-order chi connectivity index (χ0) is 11.5. The lowest BCUT2D eigenvalue weighted by atomic mass is 10.0. The van der Waals surface area contributed by atoms with Crippen LogP contribution in [0.15, 0.2) is 36.0 Å². The zero-order valence-corrected chi connectivity index (χ0v) is 10.8. The van der Waals surface area contributed by atoms with Crippen LogP contribution in [0, 0.1) is 5.92 Å². The van der Waals surface area contributed by atoms with Gasteiger partial charge in [0.15, 0.2) is 0 Å². The van der Waals surface area contributed by atoms with Crippen molar-refractivity contribution in [2.75, 3.05) is 0 Å². The molecule has 0 aliphatic rings. The van der Waals surface area contributed by atoms with Gasteiger partial charge in [0.2, 0.25) is 0 Å². The van der Waals surface area contributed by atoms with Crippen molar-refractivity contribution in [2.24, 2.45) is 5.92 Å². The Hall–Kier alpha value is -0.780. The molecule has 0 aromatic carbocycles. The van der Waals surface area contributed by atoms with Crippen molar-refractivity contribution in [2.45, 2.75) is 53.4 Å². The maximum atomic E-state index is 2.34. The smallest absolute Gasteiger partial charge is 0.0163 e. The topological polar surface area (TPSA) is 0 Å². The van der Waals surface area contributed by atoms with E-state index in [9.17, 15) is 0 Å².